The number of hydrogen-bond donors (Lipinski definition) is 0. The van der Waals surface area contributed by atoms with Gasteiger partial charge in [0.25, 0.3) is 0 Å². The van der Waals surface area contributed by atoms with Crippen LogP contribution in [0, 0.1) is 0 Å². The van der Waals surface area contributed by atoms with Crippen LogP contribution in [0.1, 0.15) is 303 Å². The summed E-state index contributed by atoms with van der Waals surface area (Å²) in [6.07, 6.45) is 76.1. The van der Waals surface area contributed by atoms with Crippen LogP contribution in [0.15, 0.2) is 72.9 Å². The van der Waals surface area contributed by atoms with Gasteiger partial charge in [0.2, 0.25) is 0 Å². The zero-order valence-electron chi connectivity index (χ0n) is 47.0. The van der Waals surface area contributed by atoms with Gasteiger partial charge in [0, 0.05) is 19.3 Å². The fraction of sp³-hybridized carbons (Fsp3) is 0.769. The van der Waals surface area contributed by atoms with Crippen LogP contribution in [0.25, 0.3) is 0 Å². The fourth-order valence-corrected chi connectivity index (χ4v) is 8.60. The molecular formula is C65H114O6. The number of hydrogen-bond acceptors (Lipinski definition) is 6. The van der Waals surface area contributed by atoms with E-state index in [1.165, 1.54) is 173 Å². The van der Waals surface area contributed by atoms with E-state index in [1.54, 1.807) is 0 Å². The molecule has 0 aromatic rings. The molecule has 0 aliphatic carbocycles. The number of carbonyl (C=O) groups excluding carboxylic acids is 3. The van der Waals surface area contributed by atoms with Crippen molar-refractivity contribution < 1.29 is 28.6 Å². The quantitative estimate of drug-likeness (QED) is 0.0199. The minimum atomic E-state index is -0.803. The van der Waals surface area contributed by atoms with Gasteiger partial charge in [-0.2, -0.15) is 0 Å². The first-order valence-electron chi connectivity index (χ1n) is 30.5. The minimum absolute atomic E-state index is 0.0982. The van der Waals surface area contributed by atoms with Crippen LogP contribution in [0.4, 0.5) is 0 Å². The Kier molecular flexibility index (Phi) is 56.8. The Morgan fingerprint density at radius 3 is 0.958 bits per heavy atom. The molecule has 0 heterocycles. The third kappa shape index (κ3) is 57.6. The van der Waals surface area contributed by atoms with E-state index in [4.69, 9.17) is 14.2 Å². The van der Waals surface area contributed by atoms with Gasteiger partial charge in [-0.05, 0) is 83.5 Å². The van der Waals surface area contributed by atoms with Crippen molar-refractivity contribution in [1.82, 2.24) is 0 Å². The van der Waals surface area contributed by atoms with E-state index in [1.807, 2.05) is 0 Å². The lowest BCUT2D eigenvalue weighted by Gasteiger charge is -2.18. The SMILES string of the molecule is CCCCC/C=C\C/C=C\C/C=C\C/C=C\CCCC(=O)OCC(COC(=O)CCCCCCC/C=C\C=C/CCCCCCCCC)OC(=O)CCCCCCCCCCCCCCCCCCCC. The molecule has 1 unspecified atom stereocenters. The molecule has 0 rings (SSSR count). The summed E-state index contributed by atoms with van der Waals surface area (Å²) in [4.78, 5) is 38.2. The van der Waals surface area contributed by atoms with Crippen molar-refractivity contribution in [2.24, 2.45) is 0 Å². The molecule has 0 fully saturated rings. The average molecular weight is 992 g/mol. The lowest BCUT2D eigenvalue weighted by Crippen LogP contribution is -2.30. The molecule has 410 valence electrons. The van der Waals surface area contributed by atoms with Crippen molar-refractivity contribution in [3.8, 4) is 0 Å². The Morgan fingerprint density at radius 2 is 0.563 bits per heavy atom. The zero-order valence-corrected chi connectivity index (χ0v) is 47.0. The number of carbonyl (C=O) groups is 3. The third-order valence-electron chi connectivity index (χ3n) is 13.2. The molecule has 0 aliphatic rings. The maximum atomic E-state index is 12.9. The van der Waals surface area contributed by atoms with Crippen molar-refractivity contribution >= 4 is 17.9 Å². The second-order valence-electron chi connectivity index (χ2n) is 20.3. The number of allylic oxidation sites excluding steroid dienone is 12. The molecule has 0 aliphatic heterocycles. The first kappa shape index (κ1) is 67.8. The van der Waals surface area contributed by atoms with Gasteiger partial charge >= 0.3 is 17.9 Å². The van der Waals surface area contributed by atoms with E-state index in [0.29, 0.717) is 19.3 Å². The number of esters is 3. The smallest absolute Gasteiger partial charge is 0.306 e. The van der Waals surface area contributed by atoms with E-state index in [-0.39, 0.29) is 37.5 Å². The predicted molar refractivity (Wildman–Crippen MR) is 307 cm³/mol. The maximum Gasteiger partial charge on any atom is 0.306 e. The summed E-state index contributed by atoms with van der Waals surface area (Å²) in [5.74, 6) is -0.956. The number of unbranched alkanes of at least 4 members (excludes halogenated alkanes) is 33. The normalized spacial score (nSPS) is 12.5. The maximum absolute atomic E-state index is 12.9. The summed E-state index contributed by atoms with van der Waals surface area (Å²) < 4.78 is 16.8. The minimum Gasteiger partial charge on any atom is -0.462 e. The van der Waals surface area contributed by atoms with E-state index < -0.39 is 6.10 Å². The van der Waals surface area contributed by atoms with E-state index in [2.05, 4.69) is 93.7 Å². The van der Waals surface area contributed by atoms with Gasteiger partial charge in [-0.1, -0.05) is 273 Å². The van der Waals surface area contributed by atoms with Gasteiger partial charge in [-0.3, -0.25) is 14.4 Å². The Labute approximate surface area is 440 Å². The fourth-order valence-electron chi connectivity index (χ4n) is 8.60. The highest BCUT2D eigenvalue weighted by atomic mass is 16.6. The number of ether oxygens (including phenoxy) is 3. The van der Waals surface area contributed by atoms with Crippen LogP contribution in [-0.2, 0) is 28.6 Å². The van der Waals surface area contributed by atoms with Gasteiger partial charge < -0.3 is 14.2 Å². The molecule has 0 aromatic heterocycles. The lowest BCUT2D eigenvalue weighted by atomic mass is 10.0. The topological polar surface area (TPSA) is 78.9 Å². The monoisotopic (exact) mass is 991 g/mol. The molecule has 0 spiro atoms. The molecule has 0 bridgehead atoms. The molecular weight excluding hydrogens is 877 g/mol. The van der Waals surface area contributed by atoms with E-state index in [9.17, 15) is 14.4 Å². The van der Waals surface area contributed by atoms with Crippen LogP contribution >= 0.6 is 0 Å². The summed E-state index contributed by atoms with van der Waals surface area (Å²) >= 11 is 0. The van der Waals surface area contributed by atoms with Gasteiger partial charge in [-0.15, -0.1) is 0 Å². The highest BCUT2D eigenvalue weighted by molar-refractivity contribution is 5.71. The Hall–Kier alpha value is -3.15. The Bertz CT molecular complexity index is 1320. The zero-order chi connectivity index (χ0) is 51.4. The van der Waals surface area contributed by atoms with Crippen LogP contribution in [0.3, 0.4) is 0 Å². The molecule has 71 heavy (non-hydrogen) atoms. The molecule has 0 saturated carbocycles. The van der Waals surface area contributed by atoms with Crippen molar-refractivity contribution in [2.75, 3.05) is 13.2 Å². The highest BCUT2D eigenvalue weighted by Gasteiger charge is 2.19. The van der Waals surface area contributed by atoms with Crippen LogP contribution in [0.2, 0.25) is 0 Å². The molecule has 6 nitrogen and oxygen atoms in total. The van der Waals surface area contributed by atoms with Gasteiger partial charge in [0.15, 0.2) is 6.10 Å². The average Bonchev–Trinajstić information content (AvgIpc) is 3.37. The largest absolute Gasteiger partial charge is 0.462 e. The first-order chi connectivity index (χ1) is 35.0. The Morgan fingerprint density at radius 1 is 0.296 bits per heavy atom. The molecule has 0 aromatic carbocycles. The summed E-state index contributed by atoms with van der Waals surface area (Å²) in [6.45, 7) is 6.58. The van der Waals surface area contributed by atoms with Crippen molar-refractivity contribution in [3.05, 3.63) is 72.9 Å². The predicted octanol–water partition coefficient (Wildman–Crippen LogP) is 20.5. The Balaban J connectivity index is 4.46. The standard InChI is InChI=1S/C65H114O6/c1-4-7-10-13-16-19-22-25-28-31-34-37-40-43-46-49-52-55-58-64(67)70-61-62(60-69-63(66)57-54-51-48-45-42-39-36-33-30-27-24-21-18-15-12-9-6-3)71-65(68)59-56-53-50-47-44-41-38-35-32-29-26-23-20-17-14-11-8-5-2/h18,21,27-28,30-31,34,36-37,39,45,48,62H,4-17,19-20,22-26,29,32-33,35,38,40-44,46-47,49-61H2,1-3H3/b21-18-,30-27-,31-28-,37-34-,39-36-,48-45-. The first-order valence-corrected chi connectivity index (χ1v) is 30.5. The summed E-state index contributed by atoms with van der Waals surface area (Å²) in [6, 6.07) is 0. The molecule has 0 N–H and O–H groups in total. The van der Waals surface area contributed by atoms with Crippen LogP contribution < -0.4 is 0 Å². The van der Waals surface area contributed by atoms with Crippen LogP contribution in [0.5, 0.6) is 0 Å². The lowest BCUT2D eigenvalue weighted by molar-refractivity contribution is -0.167. The van der Waals surface area contributed by atoms with E-state index in [0.717, 1.165) is 83.5 Å². The van der Waals surface area contributed by atoms with Gasteiger partial charge in [-0.25, -0.2) is 0 Å². The van der Waals surface area contributed by atoms with Crippen molar-refractivity contribution in [1.29, 1.82) is 0 Å². The molecule has 1 atom stereocenters. The summed E-state index contributed by atoms with van der Waals surface area (Å²) in [7, 11) is 0. The summed E-state index contributed by atoms with van der Waals surface area (Å²) in [5.41, 5.74) is 0. The number of rotatable bonds is 55. The summed E-state index contributed by atoms with van der Waals surface area (Å²) in [5, 5.41) is 0. The second-order valence-corrected chi connectivity index (χ2v) is 20.3. The van der Waals surface area contributed by atoms with Gasteiger partial charge in [0.1, 0.15) is 13.2 Å². The van der Waals surface area contributed by atoms with Crippen molar-refractivity contribution in [3.63, 3.8) is 0 Å². The molecule has 6 heteroatoms. The second kappa shape index (κ2) is 59.4. The van der Waals surface area contributed by atoms with Crippen LogP contribution in [-0.4, -0.2) is 37.2 Å². The van der Waals surface area contributed by atoms with Crippen molar-refractivity contribution in [2.45, 2.75) is 309 Å². The van der Waals surface area contributed by atoms with Gasteiger partial charge in [0.05, 0.1) is 0 Å². The van der Waals surface area contributed by atoms with E-state index >= 15 is 0 Å². The third-order valence-corrected chi connectivity index (χ3v) is 13.2. The molecule has 0 radical (unpaired) electrons. The molecule has 0 amide bonds. The highest BCUT2D eigenvalue weighted by Crippen LogP contribution is 2.16. The molecule has 0 saturated heterocycles.